The van der Waals surface area contributed by atoms with E-state index in [1.54, 1.807) is 12.4 Å². The van der Waals surface area contributed by atoms with Gasteiger partial charge in [-0.3, -0.25) is 4.98 Å². The highest BCUT2D eigenvalue weighted by Gasteiger charge is 2.16. The second kappa shape index (κ2) is 7.03. The van der Waals surface area contributed by atoms with Gasteiger partial charge in [-0.2, -0.15) is 0 Å². The minimum absolute atomic E-state index is 0.0957. The fourth-order valence-electron chi connectivity index (χ4n) is 1.88. The number of nitrogens with one attached hydrogen (secondary N) is 1. The molecule has 6 nitrogen and oxygen atoms in total. The van der Waals surface area contributed by atoms with Crippen LogP contribution in [0, 0.1) is 0 Å². The molecular formula is C11H21N5O. The van der Waals surface area contributed by atoms with Crippen molar-refractivity contribution >= 4 is 11.6 Å². The lowest BCUT2D eigenvalue weighted by atomic mass is 10.1. The SMILES string of the molecule is CCC(CC)N(CCO)c1cncc(NN)n1. The molecule has 0 spiro atoms. The molecule has 96 valence electrons. The van der Waals surface area contributed by atoms with Gasteiger partial charge in [0.2, 0.25) is 0 Å². The highest BCUT2D eigenvalue weighted by Crippen LogP contribution is 2.18. The molecule has 1 aromatic heterocycles. The molecule has 0 amide bonds. The highest BCUT2D eigenvalue weighted by molar-refractivity contribution is 5.44. The number of aliphatic hydroxyl groups excluding tert-OH is 1. The van der Waals surface area contributed by atoms with Crippen molar-refractivity contribution in [3.63, 3.8) is 0 Å². The number of anilines is 2. The smallest absolute Gasteiger partial charge is 0.160 e. The molecule has 0 bridgehead atoms. The molecule has 0 fully saturated rings. The van der Waals surface area contributed by atoms with Gasteiger partial charge in [-0.25, -0.2) is 10.8 Å². The fraction of sp³-hybridized carbons (Fsp3) is 0.636. The summed E-state index contributed by atoms with van der Waals surface area (Å²) in [6.07, 6.45) is 5.25. The third-order valence-corrected chi connectivity index (χ3v) is 2.79. The Morgan fingerprint density at radius 3 is 2.65 bits per heavy atom. The highest BCUT2D eigenvalue weighted by atomic mass is 16.3. The topological polar surface area (TPSA) is 87.3 Å². The van der Waals surface area contributed by atoms with Crippen LogP contribution in [0.15, 0.2) is 12.4 Å². The van der Waals surface area contributed by atoms with Crippen LogP contribution in [0.3, 0.4) is 0 Å². The number of hydrogen-bond donors (Lipinski definition) is 3. The van der Waals surface area contributed by atoms with E-state index < -0.39 is 0 Å². The molecule has 0 atom stereocenters. The van der Waals surface area contributed by atoms with Gasteiger partial charge in [0.25, 0.3) is 0 Å². The molecule has 6 heteroatoms. The van der Waals surface area contributed by atoms with Crippen molar-refractivity contribution in [2.75, 3.05) is 23.5 Å². The number of rotatable bonds is 7. The standard InChI is InChI=1S/C11H21N5O/c1-3-9(4-2)16(5-6-17)11-8-13-7-10(14-11)15-12/h7-9,17H,3-6,12H2,1-2H3,(H,14,15). The van der Waals surface area contributed by atoms with E-state index in [1.165, 1.54) is 0 Å². The molecule has 0 radical (unpaired) electrons. The molecule has 0 unspecified atom stereocenters. The number of nitrogens with two attached hydrogens (primary N) is 1. The van der Waals surface area contributed by atoms with Crippen molar-refractivity contribution < 1.29 is 5.11 Å². The first kappa shape index (κ1) is 13.7. The van der Waals surface area contributed by atoms with Gasteiger partial charge in [0.1, 0.15) is 5.82 Å². The van der Waals surface area contributed by atoms with Crippen LogP contribution in [0.1, 0.15) is 26.7 Å². The van der Waals surface area contributed by atoms with Gasteiger partial charge >= 0.3 is 0 Å². The van der Waals surface area contributed by atoms with E-state index in [0.717, 1.165) is 18.7 Å². The zero-order valence-electron chi connectivity index (χ0n) is 10.4. The first-order valence-electron chi connectivity index (χ1n) is 5.92. The summed E-state index contributed by atoms with van der Waals surface area (Å²) in [6, 6.07) is 0.351. The monoisotopic (exact) mass is 239 g/mol. The second-order valence-electron chi connectivity index (χ2n) is 3.79. The summed E-state index contributed by atoms with van der Waals surface area (Å²) in [5, 5.41) is 9.13. The molecule has 0 saturated carbocycles. The van der Waals surface area contributed by atoms with Crippen LogP contribution in [-0.2, 0) is 0 Å². The Bertz CT molecular complexity index is 329. The van der Waals surface area contributed by atoms with Crippen LogP contribution in [0.2, 0.25) is 0 Å². The zero-order chi connectivity index (χ0) is 12.7. The summed E-state index contributed by atoms with van der Waals surface area (Å²) in [7, 11) is 0. The number of hydrazine groups is 1. The van der Waals surface area contributed by atoms with Crippen LogP contribution in [0.25, 0.3) is 0 Å². The van der Waals surface area contributed by atoms with Crippen LogP contribution < -0.4 is 16.2 Å². The lowest BCUT2D eigenvalue weighted by Gasteiger charge is -2.30. The third kappa shape index (κ3) is 3.54. The van der Waals surface area contributed by atoms with Gasteiger partial charge in [-0.1, -0.05) is 13.8 Å². The van der Waals surface area contributed by atoms with Gasteiger partial charge in [-0.15, -0.1) is 0 Å². The average Bonchev–Trinajstić information content (AvgIpc) is 2.39. The van der Waals surface area contributed by atoms with E-state index in [-0.39, 0.29) is 6.61 Å². The van der Waals surface area contributed by atoms with Crippen molar-refractivity contribution in [1.82, 2.24) is 9.97 Å². The number of aromatic nitrogens is 2. The van der Waals surface area contributed by atoms with E-state index in [1.807, 2.05) is 0 Å². The Morgan fingerprint density at radius 2 is 2.12 bits per heavy atom. The molecule has 17 heavy (non-hydrogen) atoms. The fourth-order valence-corrected chi connectivity index (χ4v) is 1.88. The van der Waals surface area contributed by atoms with E-state index in [4.69, 9.17) is 10.9 Å². The molecule has 0 aliphatic carbocycles. The third-order valence-electron chi connectivity index (χ3n) is 2.79. The second-order valence-corrected chi connectivity index (χ2v) is 3.79. The van der Waals surface area contributed by atoms with Gasteiger partial charge in [0.15, 0.2) is 5.82 Å². The lowest BCUT2D eigenvalue weighted by molar-refractivity contribution is 0.295. The zero-order valence-corrected chi connectivity index (χ0v) is 10.4. The number of hydrogen-bond acceptors (Lipinski definition) is 6. The van der Waals surface area contributed by atoms with Crippen LogP contribution in [0.5, 0.6) is 0 Å². The summed E-state index contributed by atoms with van der Waals surface area (Å²) in [6.45, 7) is 4.89. The number of nitrogens with zero attached hydrogens (tertiary/aromatic N) is 3. The predicted octanol–water partition coefficient (Wildman–Crippen LogP) is 0.749. The maximum atomic E-state index is 9.13. The molecule has 0 aliphatic heterocycles. The summed E-state index contributed by atoms with van der Waals surface area (Å²) < 4.78 is 0. The summed E-state index contributed by atoms with van der Waals surface area (Å²) in [5.74, 6) is 6.58. The van der Waals surface area contributed by atoms with Gasteiger partial charge < -0.3 is 15.4 Å². The van der Waals surface area contributed by atoms with Crippen molar-refractivity contribution in [1.29, 1.82) is 0 Å². The van der Waals surface area contributed by atoms with E-state index >= 15 is 0 Å². The molecule has 4 N–H and O–H groups in total. The van der Waals surface area contributed by atoms with E-state index in [0.29, 0.717) is 18.4 Å². The molecule has 1 rings (SSSR count). The van der Waals surface area contributed by atoms with Crippen molar-refractivity contribution in [2.24, 2.45) is 5.84 Å². The Labute approximate surface area is 102 Å². The minimum Gasteiger partial charge on any atom is -0.395 e. The maximum absolute atomic E-state index is 9.13. The minimum atomic E-state index is 0.0957. The van der Waals surface area contributed by atoms with Gasteiger partial charge in [0.05, 0.1) is 19.0 Å². The van der Waals surface area contributed by atoms with Gasteiger partial charge in [-0.05, 0) is 12.8 Å². The first-order chi connectivity index (χ1) is 8.26. The molecule has 0 saturated heterocycles. The average molecular weight is 239 g/mol. The maximum Gasteiger partial charge on any atom is 0.160 e. The Kier molecular flexibility index (Phi) is 5.65. The van der Waals surface area contributed by atoms with Crippen LogP contribution in [0.4, 0.5) is 11.6 Å². The molecular weight excluding hydrogens is 218 g/mol. The Morgan fingerprint density at radius 1 is 1.41 bits per heavy atom. The summed E-state index contributed by atoms with van der Waals surface area (Å²) in [4.78, 5) is 10.5. The predicted molar refractivity (Wildman–Crippen MR) is 68.6 cm³/mol. The molecule has 1 heterocycles. The molecule has 0 aliphatic rings. The van der Waals surface area contributed by atoms with Crippen LogP contribution in [-0.4, -0.2) is 34.3 Å². The van der Waals surface area contributed by atoms with Crippen molar-refractivity contribution in [3.05, 3.63) is 12.4 Å². The lowest BCUT2D eigenvalue weighted by Crippen LogP contribution is -2.37. The Balaban J connectivity index is 2.94. The van der Waals surface area contributed by atoms with E-state index in [2.05, 4.69) is 34.1 Å². The summed E-state index contributed by atoms with van der Waals surface area (Å²) >= 11 is 0. The van der Waals surface area contributed by atoms with Gasteiger partial charge in [0, 0.05) is 12.6 Å². The normalized spacial score (nSPS) is 10.6. The number of aliphatic hydroxyl groups is 1. The molecule has 0 aromatic carbocycles. The Hall–Kier alpha value is -1.40. The summed E-state index contributed by atoms with van der Waals surface area (Å²) in [5.41, 5.74) is 2.48. The van der Waals surface area contributed by atoms with E-state index in [9.17, 15) is 0 Å². The number of nitrogen functional groups attached to an aromatic ring is 1. The van der Waals surface area contributed by atoms with Crippen molar-refractivity contribution in [2.45, 2.75) is 32.7 Å². The first-order valence-corrected chi connectivity index (χ1v) is 5.92. The van der Waals surface area contributed by atoms with Crippen molar-refractivity contribution in [3.8, 4) is 0 Å². The largest absolute Gasteiger partial charge is 0.395 e. The quantitative estimate of drug-likeness (QED) is 0.481. The van der Waals surface area contributed by atoms with Crippen LogP contribution >= 0.6 is 0 Å². The molecule has 1 aromatic rings.